The van der Waals surface area contributed by atoms with Crippen LogP contribution in [0.5, 0.6) is 0 Å². The molecule has 1 aromatic heterocycles. The molecule has 1 heterocycles. The Kier molecular flexibility index (Phi) is 5.10. The van der Waals surface area contributed by atoms with Gasteiger partial charge in [-0.25, -0.2) is 22.0 Å². The smallest absolute Gasteiger partial charge is 0.335 e. The Morgan fingerprint density at radius 2 is 1.79 bits per heavy atom. The van der Waals surface area contributed by atoms with Gasteiger partial charge in [0.1, 0.15) is 0 Å². The van der Waals surface area contributed by atoms with Gasteiger partial charge in [-0.05, 0) is 55.0 Å². The zero-order chi connectivity index (χ0) is 20.5. The second-order valence-electron chi connectivity index (χ2n) is 5.95. The highest BCUT2D eigenvalue weighted by atomic mass is 32.2. The summed E-state index contributed by atoms with van der Waals surface area (Å²) < 4.78 is 53.7. The van der Waals surface area contributed by atoms with Crippen molar-refractivity contribution in [3.8, 4) is 11.3 Å². The van der Waals surface area contributed by atoms with Crippen LogP contribution in [-0.4, -0.2) is 24.5 Å². The summed E-state index contributed by atoms with van der Waals surface area (Å²) in [5.41, 5.74) is 1.10. The van der Waals surface area contributed by atoms with E-state index < -0.39 is 27.6 Å². The number of benzene rings is 2. The number of nitrogens with zero attached hydrogens (tertiary/aromatic N) is 1. The Morgan fingerprint density at radius 1 is 1.04 bits per heavy atom. The Bertz CT molecular complexity index is 1160. The van der Waals surface area contributed by atoms with Gasteiger partial charge in [-0.2, -0.15) is 0 Å². The predicted molar refractivity (Wildman–Crippen MR) is 98.5 cm³/mol. The Balaban J connectivity index is 1.86. The maximum absolute atomic E-state index is 13.3. The Labute approximate surface area is 159 Å². The lowest BCUT2D eigenvalue weighted by atomic mass is 10.1. The standard InChI is InChI=1S/C19H14F2N2O4S/c1-11-2-5-14(9-15(11)19(24)25)28(26,27)23-13-4-7-18(22-10-13)12-3-6-16(20)17(21)8-12/h2-10,23H,1H3,(H,24,25). The van der Waals surface area contributed by atoms with Gasteiger partial charge in [0.2, 0.25) is 0 Å². The first-order valence-corrected chi connectivity index (χ1v) is 9.44. The molecule has 6 nitrogen and oxygen atoms in total. The van der Waals surface area contributed by atoms with Gasteiger partial charge in [0.05, 0.1) is 28.0 Å². The van der Waals surface area contributed by atoms with Gasteiger partial charge in [0.15, 0.2) is 11.6 Å². The average molecular weight is 404 g/mol. The van der Waals surface area contributed by atoms with E-state index in [4.69, 9.17) is 5.11 Å². The van der Waals surface area contributed by atoms with Crippen LogP contribution in [0.25, 0.3) is 11.3 Å². The molecule has 0 fully saturated rings. The molecule has 0 radical (unpaired) electrons. The largest absolute Gasteiger partial charge is 0.478 e. The number of anilines is 1. The van der Waals surface area contributed by atoms with Crippen LogP contribution in [0.1, 0.15) is 15.9 Å². The fraction of sp³-hybridized carbons (Fsp3) is 0.0526. The van der Waals surface area contributed by atoms with Gasteiger partial charge in [0.25, 0.3) is 10.0 Å². The molecule has 9 heteroatoms. The fourth-order valence-corrected chi connectivity index (χ4v) is 3.56. The highest BCUT2D eigenvalue weighted by molar-refractivity contribution is 7.92. The van der Waals surface area contributed by atoms with Gasteiger partial charge in [-0.15, -0.1) is 0 Å². The number of nitrogens with one attached hydrogen (secondary N) is 1. The Hall–Kier alpha value is -3.33. The van der Waals surface area contributed by atoms with Crippen molar-refractivity contribution in [2.24, 2.45) is 0 Å². The topological polar surface area (TPSA) is 96.4 Å². The van der Waals surface area contributed by atoms with Crippen molar-refractivity contribution in [1.29, 1.82) is 0 Å². The van der Waals surface area contributed by atoms with Crippen molar-refractivity contribution in [2.45, 2.75) is 11.8 Å². The molecule has 3 rings (SSSR count). The van der Waals surface area contributed by atoms with Gasteiger partial charge in [0, 0.05) is 5.56 Å². The molecule has 3 aromatic rings. The second kappa shape index (κ2) is 7.35. The average Bonchev–Trinajstić information content (AvgIpc) is 2.64. The number of carbonyl (C=O) groups is 1. The number of hydrogen-bond acceptors (Lipinski definition) is 4. The van der Waals surface area contributed by atoms with Crippen LogP contribution in [0.15, 0.2) is 59.6 Å². The lowest BCUT2D eigenvalue weighted by molar-refractivity contribution is 0.0696. The molecule has 0 atom stereocenters. The number of carboxylic acids is 1. The molecule has 0 amide bonds. The van der Waals surface area contributed by atoms with Crippen LogP contribution in [0.4, 0.5) is 14.5 Å². The molecule has 0 saturated carbocycles. The minimum absolute atomic E-state index is 0.116. The molecule has 2 aromatic carbocycles. The summed E-state index contributed by atoms with van der Waals surface area (Å²) in [6.45, 7) is 1.56. The van der Waals surface area contributed by atoms with E-state index in [1.54, 1.807) is 6.92 Å². The van der Waals surface area contributed by atoms with E-state index in [-0.39, 0.29) is 16.1 Å². The lowest BCUT2D eigenvalue weighted by Crippen LogP contribution is -2.14. The van der Waals surface area contributed by atoms with Crippen molar-refractivity contribution in [2.75, 3.05) is 4.72 Å². The number of sulfonamides is 1. The molecule has 0 unspecified atom stereocenters. The third-order valence-corrected chi connectivity index (χ3v) is 5.36. The minimum Gasteiger partial charge on any atom is -0.478 e. The van der Waals surface area contributed by atoms with E-state index in [0.717, 1.165) is 18.2 Å². The van der Waals surface area contributed by atoms with Crippen LogP contribution < -0.4 is 4.72 Å². The van der Waals surface area contributed by atoms with E-state index in [2.05, 4.69) is 9.71 Å². The van der Waals surface area contributed by atoms with Gasteiger partial charge >= 0.3 is 5.97 Å². The third kappa shape index (κ3) is 3.99. The zero-order valence-electron chi connectivity index (χ0n) is 14.5. The summed E-state index contributed by atoms with van der Waals surface area (Å²) >= 11 is 0. The highest BCUT2D eigenvalue weighted by Crippen LogP contribution is 2.23. The molecule has 0 bridgehead atoms. The van der Waals surface area contributed by atoms with Crippen molar-refractivity contribution in [3.05, 3.63) is 77.5 Å². The number of pyridine rings is 1. The van der Waals surface area contributed by atoms with E-state index in [9.17, 15) is 22.0 Å². The van der Waals surface area contributed by atoms with Crippen molar-refractivity contribution in [3.63, 3.8) is 0 Å². The molecule has 0 saturated heterocycles. The minimum atomic E-state index is -4.04. The van der Waals surface area contributed by atoms with Crippen molar-refractivity contribution in [1.82, 2.24) is 4.98 Å². The van der Waals surface area contributed by atoms with E-state index in [1.165, 1.54) is 36.5 Å². The van der Waals surface area contributed by atoms with Crippen LogP contribution in [-0.2, 0) is 10.0 Å². The SMILES string of the molecule is Cc1ccc(S(=O)(=O)Nc2ccc(-c3ccc(F)c(F)c3)nc2)cc1C(=O)O. The lowest BCUT2D eigenvalue weighted by Gasteiger charge is -2.10. The van der Waals surface area contributed by atoms with E-state index >= 15 is 0 Å². The first-order valence-electron chi connectivity index (χ1n) is 7.95. The van der Waals surface area contributed by atoms with Gasteiger partial charge < -0.3 is 5.11 Å². The number of carboxylic acid groups (broad SMARTS) is 1. The van der Waals surface area contributed by atoms with Crippen LogP contribution in [0.2, 0.25) is 0 Å². The third-order valence-electron chi connectivity index (χ3n) is 3.98. The number of aryl methyl sites for hydroxylation is 1. The molecule has 0 aliphatic rings. The van der Waals surface area contributed by atoms with E-state index in [0.29, 0.717) is 16.8 Å². The van der Waals surface area contributed by atoms with Crippen molar-refractivity contribution < 1.29 is 27.1 Å². The maximum Gasteiger partial charge on any atom is 0.335 e. The van der Waals surface area contributed by atoms with Crippen LogP contribution in [0, 0.1) is 18.6 Å². The van der Waals surface area contributed by atoms with Crippen LogP contribution in [0.3, 0.4) is 0 Å². The summed E-state index contributed by atoms with van der Waals surface area (Å²) in [6, 6.07) is 9.94. The molecule has 144 valence electrons. The summed E-state index contributed by atoms with van der Waals surface area (Å²) in [7, 11) is -4.04. The number of aromatic nitrogens is 1. The molecule has 0 aliphatic heterocycles. The van der Waals surface area contributed by atoms with E-state index in [1.807, 2.05) is 0 Å². The number of halogens is 2. The number of aromatic carboxylic acids is 1. The second-order valence-corrected chi connectivity index (χ2v) is 7.63. The molecule has 2 N–H and O–H groups in total. The molecule has 0 spiro atoms. The summed E-state index contributed by atoms with van der Waals surface area (Å²) in [6.07, 6.45) is 1.22. The summed E-state index contributed by atoms with van der Waals surface area (Å²) in [4.78, 5) is 15.0. The monoisotopic (exact) mass is 404 g/mol. The molecular weight excluding hydrogens is 390 g/mol. The fourth-order valence-electron chi connectivity index (χ4n) is 2.49. The predicted octanol–water partition coefficient (Wildman–Crippen LogP) is 3.83. The van der Waals surface area contributed by atoms with Gasteiger partial charge in [-0.3, -0.25) is 9.71 Å². The normalized spacial score (nSPS) is 11.2. The highest BCUT2D eigenvalue weighted by Gasteiger charge is 2.18. The quantitative estimate of drug-likeness (QED) is 0.674. The number of rotatable bonds is 5. The zero-order valence-corrected chi connectivity index (χ0v) is 15.3. The van der Waals surface area contributed by atoms with Gasteiger partial charge in [-0.1, -0.05) is 6.07 Å². The first kappa shape index (κ1) is 19.4. The maximum atomic E-state index is 13.3. The molecular formula is C19H14F2N2O4S. The summed E-state index contributed by atoms with van der Waals surface area (Å²) in [5, 5.41) is 9.15. The summed E-state index contributed by atoms with van der Waals surface area (Å²) in [5.74, 6) is -3.23. The first-order chi connectivity index (χ1) is 13.2. The van der Waals surface area contributed by atoms with Crippen LogP contribution >= 0.6 is 0 Å². The Morgan fingerprint density at radius 3 is 2.39 bits per heavy atom. The molecule has 28 heavy (non-hydrogen) atoms. The number of hydrogen-bond donors (Lipinski definition) is 2. The van der Waals surface area contributed by atoms with Crippen molar-refractivity contribution >= 4 is 21.7 Å². The molecule has 0 aliphatic carbocycles.